The zero-order valence-electron chi connectivity index (χ0n) is 15.5. The maximum absolute atomic E-state index is 12.5. The number of amides is 2. The third-order valence-corrected chi connectivity index (χ3v) is 4.79. The first-order valence-electron chi connectivity index (χ1n) is 9.17. The number of nitrogens with zero attached hydrogens (tertiary/aromatic N) is 3. The summed E-state index contributed by atoms with van der Waals surface area (Å²) < 4.78 is 0. The van der Waals surface area contributed by atoms with E-state index in [-0.39, 0.29) is 11.6 Å². The van der Waals surface area contributed by atoms with Crippen LogP contribution in [-0.2, 0) is 6.54 Å². The Kier molecular flexibility index (Phi) is 6.12. The Labute approximate surface area is 163 Å². The second kappa shape index (κ2) is 8.91. The molecule has 0 atom stereocenters. The van der Waals surface area contributed by atoms with E-state index in [1.54, 1.807) is 23.1 Å². The van der Waals surface area contributed by atoms with Gasteiger partial charge in [-0.25, -0.2) is 9.59 Å². The monoisotopic (exact) mass is 378 g/mol. The minimum Gasteiger partial charge on any atom is -0.478 e. The maximum atomic E-state index is 12.5. The molecule has 1 aliphatic rings. The number of rotatable bonds is 4. The van der Waals surface area contributed by atoms with Gasteiger partial charge in [-0.15, -0.1) is 0 Å². The van der Waals surface area contributed by atoms with Gasteiger partial charge in [-0.2, -0.15) is 5.26 Å². The zero-order valence-corrected chi connectivity index (χ0v) is 15.5. The highest BCUT2D eigenvalue weighted by Gasteiger charge is 2.20. The lowest BCUT2D eigenvalue weighted by Crippen LogP contribution is -2.41. The average molecular weight is 378 g/mol. The molecule has 2 N–H and O–H groups in total. The van der Waals surface area contributed by atoms with E-state index in [4.69, 9.17) is 5.11 Å². The van der Waals surface area contributed by atoms with Crippen LogP contribution >= 0.6 is 0 Å². The van der Waals surface area contributed by atoms with Crippen molar-refractivity contribution in [3.63, 3.8) is 0 Å². The molecule has 3 rings (SSSR count). The summed E-state index contributed by atoms with van der Waals surface area (Å²) in [7, 11) is 0. The highest BCUT2D eigenvalue weighted by Crippen LogP contribution is 2.21. The molecule has 7 nitrogen and oxygen atoms in total. The number of benzene rings is 2. The van der Waals surface area contributed by atoms with E-state index in [1.165, 1.54) is 12.1 Å². The van der Waals surface area contributed by atoms with Crippen molar-refractivity contribution in [2.75, 3.05) is 31.1 Å². The summed E-state index contributed by atoms with van der Waals surface area (Å²) in [6.45, 7) is 3.02. The van der Waals surface area contributed by atoms with Crippen LogP contribution in [0.1, 0.15) is 27.9 Å². The molecular weight excluding hydrogens is 356 g/mol. The fourth-order valence-electron chi connectivity index (χ4n) is 3.26. The van der Waals surface area contributed by atoms with Crippen molar-refractivity contribution >= 4 is 17.7 Å². The molecule has 0 aromatic heterocycles. The molecule has 0 radical (unpaired) electrons. The Morgan fingerprint density at radius 1 is 1.04 bits per heavy atom. The van der Waals surface area contributed by atoms with Crippen LogP contribution in [0.15, 0.2) is 48.5 Å². The quantitative estimate of drug-likeness (QED) is 0.853. The normalized spacial score (nSPS) is 14.1. The summed E-state index contributed by atoms with van der Waals surface area (Å²) in [4.78, 5) is 27.3. The number of carbonyl (C=O) groups is 2. The lowest BCUT2D eigenvalue weighted by Gasteiger charge is -2.24. The third-order valence-electron chi connectivity index (χ3n) is 4.79. The summed E-state index contributed by atoms with van der Waals surface area (Å²) in [6.07, 6.45) is 0.820. The highest BCUT2D eigenvalue weighted by molar-refractivity contribution is 5.87. The molecule has 28 heavy (non-hydrogen) atoms. The van der Waals surface area contributed by atoms with Crippen LogP contribution < -0.4 is 10.2 Å². The van der Waals surface area contributed by atoms with Crippen molar-refractivity contribution in [1.82, 2.24) is 10.2 Å². The van der Waals surface area contributed by atoms with Crippen molar-refractivity contribution < 1.29 is 14.7 Å². The Morgan fingerprint density at radius 3 is 2.50 bits per heavy atom. The van der Waals surface area contributed by atoms with Crippen molar-refractivity contribution in [1.29, 1.82) is 5.26 Å². The summed E-state index contributed by atoms with van der Waals surface area (Å²) in [6, 6.07) is 16.1. The standard InChI is InChI=1S/C21H22N4O3/c22-14-18-4-1-2-5-19(18)24-10-3-11-25(13-12-24)21(28)23-15-16-6-8-17(9-7-16)20(26)27/h1-2,4-9H,3,10-13,15H2,(H,23,28)(H,26,27). The Morgan fingerprint density at radius 2 is 1.79 bits per heavy atom. The Balaban J connectivity index is 1.55. The van der Waals surface area contributed by atoms with Crippen LogP contribution in [0.3, 0.4) is 0 Å². The van der Waals surface area contributed by atoms with Crippen LogP contribution in [0, 0.1) is 11.3 Å². The van der Waals surface area contributed by atoms with Crippen LogP contribution in [0.25, 0.3) is 0 Å². The molecule has 0 spiro atoms. The number of carboxylic acid groups (broad SMARTS) is 1. The molecule has 0 unspecified atom stereocenters. The van der Waals surface area contributed by atoms with E-state index in [1.807, 2.05) is 18.2 Å². The van der Waals surface area contributed by atoms with Gasteiger partial charge in [0.05, 0.1) is 16.8 Å². The molecule has 2 amide bonds. The number of aromatic carboxylic acids is 1. The molecule has 1 fully saturated rings. The lowest BCUT2D eigenvalue weighted by molar-refractivity contribution is 0.0697. The van der Waals surface area contributed by atoms with E-state index in [0.717, 1.165) is 24.2 Å². The molecule has 7 heteroatoms. The molecule has 1 heterocycles. The van der Waals surface area contributed by atoms with Gasteiger partial charge in [0.1, 0.15) is 6.07 Å². The van der Waals surface area contributed by atoms with Crippen molar-refractivity contribution in [2.24, 2.45) is 0 Å². The van der Waals surface area contributed by atoms with Gasteiger partial charge in [0.15, 0.2) is 0 Å². The minimum absolute atomic E-state index is 0.141. The third kappa shape index (κ3) is 4.60. The number of hydrogen-bond acceptors (Lipinski definition) is 4. The number of nitrogens with one attached hydrogen (secondary N) is 1. The van der Waals surface area contributed by atoms with E-state index in [2.05, 4.69) is 16.3 Å². The summed E-state index contributed by atoms with van der Waals surface area (Å²) in [5, 5.41) is 21.1. The molecule has 0 aliphatic carbocycles. The fraction of sp³-hybridized carbons (Fsp3) is 0.286. The van der Waals surface area contributed by atoms with Gasteiger partial charge < -0.3 is 20.2 Å². The summed E-state index contributed by atoms with van der Waals surface area (Å²) in [5.41, 5.74) is 2.62. The van der Waals surface area contributed by atoms with Gasteiger partial charge >= 0.3 is 12.0 Å². The number of urea groups is 1. The van der Waals surface area contributed by atoms with Crippen LogP contribution in [0.5, 0.6) is 0 Å². The number of carbonyl (C=O) groups excluding carboxylic acids is 1. The number of anilines is 1. The van der Waals surface area contributed by atoms with E-state index >= 15 is 0 Å². The molecule has 1 aliphatic heterocycles. The van der Waals surface area contributed by atoms with E-state index in [9.17, 15) is 14.9 Å². The molecule has 0 bridgehead atoms. The first kappa shape index (κ1) is 19.2. The number of carboxylic acids is 1. The minimum atomic E-state index is -0.970. The van der Waals surface area contributed by atoms with Gasteiger partial charge in [-0.05, 0) is 36.2 Å². The van der Waals surface area contributed by atoms with Gasteiger partial charge in [0.25, 0.3) is 0 Å². The van der Waals surface area contributed by atoms with Gasteiger partial charge in [0.2, 0.25) is 0 Å². The summed E-state index contributed by atoms with van der Waals surface area (Å²) >= 11 is 0. The Hall–Kier alpha value is -3.53. The highest BCUT2D eigenvalue weighted by atomic mass is 16.4. The van der Waals surface area contributed by atoms with Gasteiger partial charge in [-0.1, -0.05) is 24.3 Å². The SMILES string of the molecule is N#Cc1ccccc1N1CCCN(C(=O)NCc2ccc(C(=O)O)cc2)CC1. The predicted molar refractivity (Wildman–Crippen MR) is 105 cm³/mol. The first-order valence-corrected chi connectivity index (χ1v) is 9.17. The maximum Gasteiger partial charge on any atom is 0.335 e. The predicted octanol–water partition coefficient (Wildman–Crippen LogP) is 2.68. The van der Waals surface area contributed by atoms with E-state index < -0.39 is 5.97 Å². The van der Waals surface area contributed by atoms with Crippen molar-refractivity contribution in [3.8, 4) is 6.07 Å². The second-order valence-electron chi connectivity index (χ2n) is 6.62. The number of para-hydroxylation sites is 1. The van der Waals surface area contributed by atoms with E-state index in [0.29, 0.717) is 31.7 Å². The largest absolute Gasteiger partial charge is 0.478 e. The van der Waals surface area contributed by atoms with Gasteiger partial charge in [-0.3, -0.25) is 0 Å². The molecule has 2 aromatic carbocycles. The molecular formula is C21H22N4O3. The van der Waals surface area contributed by atoms with Crippen molar-refractivity contribution in [3.05, 3.63) is 65.2 Å². The van der Waals surface area contributed by atoms with Crippen LogP contribution in [0.4, 0.5) is 10.5 Å². The lowest BCUT2D eigenvalue weighted by atomic mass is 10.1. The second-order valence-corrected chi connectivity index (χ2v) is 6.62. The van der Waals surface area contributed by atoms with Crippen LogP contribution in [-0.4, -0.2) is 48.2 Å². The smallest absolute Gasteiger partial charge is 0.335 e. The number of hydrogen-bond donors (Lipinski definition) is 2. The molecule has 1 saturated heterocycles. The van der Waals surface area contributed by atoms with Gasteiger partial charge in [0, 0.05) is 32.7 Å². The topological polar surface area (TPSA) is 96.7 Å². The zero-order chi connectivity index (χ0) is 19.9. The molecule has 0 saturated carbocycles. The Bertz CT molecular complexity index is 889. The number of nitriles is 1. The average Bonchev–Trinajstić information content (AvgIpc) is 2.98. The van der Waals surface area contributed by atoms with Crippen LogP contribution in [0.2, 0.25) is 0 Å². The molecule has 2 aromatic rings. The van der Waals surface area contributed by atoms with Crippen molar-refractivity contribution in [2.45, 2.75) is 13.0 Å². The molecule has 144 valence electrons. The summed E-state index contributed by atoms with van der Waals surface area (Å²) in [5.74, 6) is -0.970. The first-order chi connectivity index (χ1) is 13.6. The fourth-order valence-corrected chi connectivity index (χ4v) is 3.26.